The number of rotatable bonds is 4. The van der Waals surface area contributed by atoms with E-state index in [2.05, 4.69) is 53.6 Å². The molecule has 3 rings (SSSR count). The summed E-state index contributed by atoms with van der Waals surface area (Å²) in [5.74, 6) is 0.926. The molecular weight excluding hydrogens is 250 g/mol. The van der Waals surface area contributed by atoms with Crippen LogP contribution in [0.3, 0.4) is 0 Å². The van der Waals surface area contributed by atoms with E-state index in [0.717, 1.165) is 36.7 Å². The summed E-state index contributed by atoms with van der Waals surface area (Å²) >= 11 is 0. The summed E-state index contributed by atoms with van der Waals surface area (Å²) in [5, 5.41) is 7.57. The van der Waals surface area contributed by atoms with E-state index in [1.54, 1.807) is 0 Å². The van der Waals surface area contributed by atoms with E-state index >= 15 is 0 Å². The third-order valence-electron chi connectivity index (χ3n) is 3.97. The number of benzene rings is 1. The Morgan fingerprint density at radius 3 is 2.85 bits per heavy atom. The second kappa shape index (κ2) is 5.77. The average molecular weight is 271 g/mol. The first-order valence-corrected chi connectivity index (χ1v) is 7.16. The lowest BCUT2D eigenvalue weighted by atomic mass is 10.1. The number of aromatic nitrogens is 1. The van der Waals surface area contributed by atoms with Crippen molar-refractivity contribution in [3.63, 3.8) is 0 Å². The number of hydrogen-bond donors (Lipinski definition) is 1. The molecule has 1 fully saturated rings. The van der Waals surface area contributed by atoms with Gasteiger partial charge >= 0.3 is 0 Å². The maximum atomic E-state index is 5.47. The molecule has 0 spiro atoms. The highest BCUT2D eigenvalue weighted by Crippen LogP contribution is 2.21. The molecule has 1 N–H and O–H groups in total. The van der Waals surface area contributed by atoms with Crippen molar-refractivity contribution in [3.05, 3.63) is 41.7 Å². The normalized spacial score (nSPS) is 18.9. The highest BCUT2D eigenvalue weighted by atomic mass is 16.5. The first-order valence-electron chi connectivity index (χ1n) is 7.16. The van der Waals surface area contributed by atoms with E-state index in [4.69, 9.17) is 4.52 Å². The van der Waals surface area contributed by atoms with Gasteiger partial charge in [-0.25, -0.2) is 0 Å². The van der Waals surface area contributed by atoms with Crippen LogP contribution >= 0.6 is 0 Å². The monoisotopic (exact) mass is 271 g/mol. The minimum absolute atomic E-state index is 0.600. The van der Waals surface area contributed by atoms with Crippen LogP contribution in [0.15, 0.2) is 34.9 Å². The van der Waals surface area contributed by atoms with Gasteiger partial charge in [0.1, 0.15) is 5.69 Å². The summed E-state index contributed by atoms with van der Waals surface area (Å²) in [4.78, 5) is 2.33. The molecule has 20 heavy (non-hydrogen) atoms. The van der Waals surface area contributed by atoms with Crippen LogP contribution in [0.5, 0.6) is 0 Å². The molecule has 0 bridgehead atoms. The van der Waals surface area contributed by atoms with Crippen molar-refractivity contribution in [2.24, 2.45) is 0 Å². The van der Waals surface area contributed by atoms with Gasteiger partial charge in [0.05, 0.1) is 6.54 Å². The molecule has 0 radical (unpaired) electrons. The van der Waals surface area contributed by atoms with Gasteiger partial charge in [-0.05, 0) is 26.9 Å². The molecule has 2 heterocycles. The molecule has 1 aliphatic rings. The van der Waals surface area contributed by atoms with Crippen molar-refractivity contribution in [2.45, 2.75) is 25.9 Å². The fourth-order valence-corrected chi connectivity index (χ4v) is 2.64. The van der Waals surface area contributed by atoms with Crippen LogP contribution in [-0.4, -0.2) is 36.2 Å². The lowest BCUT2D eigenvalue weighted by Crippen LogP contribution is -2.32. The van der Waals surface area contributed by atoms with Gasteiger partial charge in [0, 0.05) is 24.2 Å². The SMILES string of the molecule is Cc1ccc(-c2cc(CN(C)C3CCNC3)on2)cc1. The van der Waals surface area contributed by atoms with Gasteiger partial charge in [0.25, 0.3) is 0 Å². The minimum atomic E-state index is 0.600. The first-order chi connectivity index (χ1) is 9.72. The largest absolute Gasteiger partial charge is 0.359 e. The fourth-order valence-electron chi connectivity index (χ4n) is 2.64. The van der Waals surface area contributed by atoms with E-state index in [9.17, 15) is 0 Å². The fraction of sp³-hybridized carbons (Fsp3) is 0.438. The summed E-state index contributed by atoms with van der Waals surface area (Å²) < 4.78 is 5.47. The molecule has 1 aliphatic heterocycles. The molecule has 0 aliphatic carbocycles. The van der Waals surface area contributed by atoms with Gasteiger partial charge in [-0.15, -0.1) is 0 Å². The Morgan fingerprint density at radius 2 is 2.15 bits per heavy atom. The van der Waals surface area contributed by atoms with Crippen LogP contribution in [0.2, 0.25) is 0 Å². The smallest absolute Gasteiger partial charge is 0.151 e. The molecule has 2 aromatic rings. The third kappa shape index (κ3) is 2.92. The second-order valence-corrected chi connectivity index (χ2v) is 5.61. The molecule has 0 saturated carbocycles. The summed E-state index contributed by atoms with van der Waals surface area (Å²) in [6.07, 6.45) is 1.20. The lowest BCUT2D eigenvalue weighted by molar-refractivity contribution is 0.218. The van der Waals surface area contributed by atoms with Crippen molar-refractivity contribution in [3.8, 4) is 11.3 Å². The minimum Gasteiger partial charge on any atom is -0.359 e. The van der Waals surface area contributed by atoms with Crippen LogP contribution in [0.1, 0.15) is 17.7 Å². The van der Waals surface area contributed by atoms with Crippen molar-refractivity contribution >= 4 is 0 Å². The Morgan fingerprint density at radius 1 is 1.35 bits per heavy atom. The van der Waals surface area contributed by atoms with Gasteiger partial charge in [-0.1, -0.05) is 35.0 Å². The Labute approximate surface area is 119 Å². The molecule has 1 aromatic carbocycles. The van der Waals surface area contributed by atoms with Crippen molar-refractivity contribution < 1.29 is 4.52 Å². The molecule has 1 aromatic heterocycles. The number of nitrogens with one attached hydrogen (secondary N) is 1. The van der Waals surface area contributed by atoms with Crippen LogP contribution in [0.25, 0.3) is 11.3 Å². The van der Waals surface area contributed by atoms with E-state index in [0.29, 0.717) is 6.04 Å². The van der Waals surface area contributed by atoms with Crippen LogP contribution < -0.4 is 5.32 Å². The molecule has 106 valence electrons. The second-order valence-electron chi connectivity index (χ2n) is 5.61. The van der Waals surface area contributed by atoms with Gasteiger partial charge in [-0.3, -0.25) is 4.90 Å². The predicted octanol–water partition coefficient (Wildman–Crippen LogP) is 2.44. The number of hydrogen-bond acceptors (Lipinski definition) is 4. The van der Waals surface area contributed by atoms with Crippen LogP contribution in [0, 0.1) is 6.92 Å². The number of aryl methyl sites for hydroxylation is 1. The maximum Gasteiger partial charge on any atom is 0.151 e. The van der Waals surface area contributed by atoms with Crippen LogP contribution in [0.4, 0.5) is 0 Å². The molecule has 1 saturated heterocycles. The molecule has 4 heteroatoms. The molecule has 1 unspecified atom stereocenters. The Bertz CT molecular complexity index is 555. The Hall–Kier alpha value is -1.65. The zero-order chi connectivity index (χ0) is 13.9. The molecular formula is C16H21N3O. The summed E-state index contributed by atoms with van der Waals surface area (Å²) in [6, 6.07) is 11.0. The third-order valence-corrected chi connectivity index (χ3v) is 3.97. The maximum absolute atomic E-state index is 5.47. The van der Waals surface area contributed by atoms with Gasteiger partial charge < -0.3 is 9.84 Å². The van der Waals surface area contributed by atoms with Gasteiger partial charge in [-0.2, -0.15) is 0 Å². The zero-order valence-corrected chi connectivity index (χ0v) is 12.1. The van der Waals surface area contributed by atoms with Gasteiger partial charge in [0.2, 0.25) is 0 Å². The van der Waals surface area contributed by atoms with E-state index in [1.165, 1.54) is 12.0 Å². The summed E-state index contributed by atoms with van der Waals surface area (Å²) in [6.45, 7) is 5.07. The molecule has 4 nitrogen and oxygen atoms in total. The number of likely N-dealkylation sites (N-methyl/N-ethyl adjacent to an activating group) is 1. The van der Waals surface area contributed by atoms with Crippen molar-refractivity contribution in [2.75, 3.05) is 20.1 Å². The standard InChI is InChI=1S/C16H21N3O/c1-12-3-5-13(6-4-12)16-9-15(20-18-16)11-19(2)14-7-8-17-10-14/h3-6,9,14,17H,7-8,10-11H2,1-2H3. The molecule has 1 atom stereocenters. The predicted molar refractivity (Wildman–Crippen MR) is 79.4 cm³/mol. The highest BCUT2D eigenvalue weighted by molar-refractivity contribution is 5.59. The van der Waals surface area contributed by atoms with E-state index in [1.807, 2.05) is 6.07 Å². The van der Waals surface area contributed by atoms with Gasteiger partial charge in [0.15, 0.2) is 5.76 Å². The highest BCUT2D eigenvalue weighted by Gasteiger charge is 2.20. The number of nitrogens with zero attached hydrogens (tertiary/aromatic N) is 2. The Kier molecular flexibility index (Phi) is 3.85. The summed E-state index contributed by atoms with van der Waals surface area (Å²) in [7, 11) is 2.14. The van der Waals surface area contributed by atoms with E-state index in [-0.39, 0.29) is 0 Å². The lowest BCUT2D eigenvalue weighted by Gasteiger charge is -2.21. The summed E-state index contributed by atoms with van der Waals surface area (Å²) in [5.41, 5.74) is 3.28. The Balaban J connectivity index is 1.68. The van der Waals surface area contributed by atoms with Crippen molar-refractivity contribution in [1.82, 2.24) is 15.4 Å². The first kappa shape index (κ1) is 13.3. The van der Waals surface area contributed by atoms with Crippen LogP contribution in [-0.2, 0) is 6.54 Å². The average Bonchev–Trinajstić information content (AvgIpc) is 3.10. The topological polar surface area (TPSA) is 41.3 Å². The van der Waals surface area contributed by atoms with Crippen molar-refractivity contribution in [1.29, 1.82) is 0 Å². The molecule has 0 amide bonds. The quantitative estimate of drug-likeness (QED) is 0.927. The van der Waals surface area contributed by atoms with E-state index < -0.39 is 0 Å². The zero-order valence-electron chi connectivity index (χ0n) is 12.1.